The molecule has 9 rings (SSSR count). The second-order valence-corrected chi connectivity index (χ2v) is 49.5. The fourth-order valence-corrected chi connectivity index (χ4v) is 28.2. The van der Waals surface area contributed by atoms with Crippen LogP contribution in [0.3, 0.4) is 0 Å². The number of unbranched alkanes of at least 4 members (excludes halogenated alkanes) is 72. The topological polar surface area (TPSA) is 170 Å². The number of rotatable bonds is 96. The first-order valence-electron chi connectivity index (χ1n) is 66.8. The summed E-state index contributed by atoms with van der Waals surface area (Å²) in [6.07, 6.45) is 114. The molecule has 145 heavy (non-hydrogen) atoms. The van der Waals surface area contributed by atoms with Crippen LogP contribution in [0.25, 0.3) is 0 Å². The molecule has 5 heterocycles. The van der Waals surface area contributed by atoms with Crippen molar-refractivity contribution < 1.29 is 37.9 Å². The van der Waals surface area contributed by atoms with Crippen molar-refractivity contribution in [1.29, 1.82) is 0 Å². The molecule has 25 atom stereocenters. The first-order valence-corrected chi connectivity index (χ1v) is 66.8. The van der Waals surface area contributed by atoms with Crippen LogP contribution in [0.2, 0.25) is 0 Å². The van der Waals surface area contributed by atoms with Gasteiger partial charge in [-0.05, 0) is 150 Å². The van der Waals surface area contributed by atoms with Crippen molar-refractivity contribution in [2.75, 3.05) is 52.9 Å². The lowest BCUT2D eigenvalue weighted by atomic mass is 9.69. The van der Waals surface area contributed by atoms with Gasteiger partial charge in [0, 0.05) is 52.9 Å². The van der Waals surface area contributed by atoms with Crippen molar-refractivity contribution >= 4 is 0 Å². The molecule has 5 aliphatic heterocycles. The van der Waals surface area contributed by atoms with Crippen molar-refractivity contribution in [2.24, 2.45) is 53.3 Å². The molecule has 8 N–H and O–H groups in total. The maximum Gasteiger partial charge on any atom is 0.0866 e. The number of hydrogen-bond donors (Lipinski definition) is 8. The third kappa shape index (κ3) is 51.7. The van der Waals surface area contributed by atoms with Gasteiger partial charge in [-0.15, -0.1) is 0 Å². The Morgan fingerprint density at radius 3 is 0.428 bits per heavy atom. The predicted molar refractivity (Wildman–Crippen MR) is 617 cm³/mol. The van der Waals surface area contributed by atoms with Crippen molar-refractivity contribution in [2.45, 2.75) is 719 Å². The fourth-order valence-electron chi connectivity index (χ4n) is 28.2. The summed E-state index contributed by atoms with van der Waals surface area (Å²) in [5.74, 6) is 2.71. The monoisotopic (exact) mass is 2040 g/mol. The summed E-state index contributed by atoms with van der Waals surface area (Å²) in [5, 5.41) is 37.4. The molecule has 16 nitrogen and oxygen atoms in total. The molecule has 0 spiro atoms. The molecule has 9 aliphatic rings. The number of hydrogen-bond acceptors (Lipinski definition) is 16. The fraction of sp³-hybridized carbons (Fsp3) is 1.00. The highest BCUT2D eigenvalue weighted by Crippen LogP contribution is 2.51. The lowest BCUT2D eigenvalue weighted by Gasteiger charge is -2.46. The van der Waals surface area contributed by atoms with Gasteiger partial charge in [-0.25, -0.2) is 0 Å². The molecule has 5 saturated heterocycles. The van der Waals surface area contributed by atoms with Crippen LogP contribution in [0.5, 0.6) is 0 Å². The first kappa shape index (κ1) is 128. The van der Waals surface area contributed by atoms with Crippen LogP contribution in [0.15, 0.2) is 0 Å². The van der Waals surface area contributed by atoms with Crippen LogP contribution in [0, 0.1) is 53.3 Å². The Hall–Kier alpha value is -0.640. The van der Waals surface area contributed by atoms with Crippen molar-refractivity contribution in [1.82, 2.24) is 42.5 Å². The minimum Gasteiger partial charge on any atom is -0.376 e. The average Bonchev–Trinajstić information content (AvgIpc) is 1.58. The van der Waals surface area contributed by atoms with Gasteiger partial charge < -0.3 is 37.9 Å². The summed E-state index contributed by atoms with van der Waals surface area (Å²) < 4.78 is 60.2. The Bertz CT molecular complexity index is 2870. The van der Waals surface area contributed by atoms with Gasteiger partial charge >= 0.3 is 0 Å². The molecule has 0 aromatic carbocycles. The standard InChI is InChI=1S/C129H250N8O8/c1-10-18-26-34-42-50-58-66-74-82-90-138-113-98-106-107(99-114(113)139-91-83-75-67-59-51-43-35-27-19-11-2)123-130-122(106)131-124-108-100-115(140-92-84-76-68-60-52-44-36-28-20-12-3)116(141-93-85-77-69-61-53-45-37-29-21-13-4)101-109(108)126(133-124)135-128-112-104-119(144-96-88-80-72-64-56-48-40-32-24-16-7)121(145-97-89-81-73-65-57-49-41-33-25-17-8)105(9)120(112)129(137-128)136-127-111-103-118(143-95-87-79-71-63-55-47-39-31-23-15-6)117(102-110(111)125(132-123)134-127)142-94-86-78-70-62-54-46-38-30-22-14-5/h105-137H,10-104H2,1-9H3. The van der Waals surface area contributed by atoms with E-state index in [-0.39, 0.29) is 110 Å². The van der Waals surface area contributed by atoms with E-state index in [4.69, 9.17) is 59.2 Å². The number of fused-ring (bicyclic) bond motifs is 20. The van der Waals surface area contributed by atoms with Gasteiger partial charge in [0.05, 0.1) is 98.2 Å². The van der Waals surface area contributed by atoms with Gasteiger partial charge in [0.2, 0.25) is 0 Å². The highest BCUT2D eigenvalue weighted by Gasteiger charge is 2.61. The maximum absolute atomic E-state index is 7.61. The summed E-state index contributed by atoms with van der Waals surface area (Å²) in [4.78, 5) is 0. The van der Waals surface area contributed by atoms with E-state index in [0.717, 1.165) is 149 Å². The molecular formula is C129H250N8O8. The molecule has 4 aliphatic carbocycles. The van der Waals surface area contributed by atoms with Crippen molar-refractivity contribution in [3.63, 3.8) is 0 Å². The minimum atomic E-state index is 0.0106. The maximum atomic E-state index is 7.61. The molecule has 854 valence electrons. The first-order chi connectivity index (χ1) is 71.7. The highest BCUT2D eigenvalue weighted by molar-refractivity contribution is 5.13. The molecular weight excluding hydrogens is 1790 g/mol. The van der Waals surface area contributed by atoms with E-state index >= 15 is 0 Å². The molecule has 0 aromatic rings. The Balaban J connectivity index is 1.07. The summed E-state index contributed by atoms with van der Waals surface area (Å²) in [6, 6.07) is 0. The highest BCUT2D eigenvalue weighted by atomic mass is 16.6. The van der Waals surface area contributed by atoms with E-state index in [0.29, 0.717) is 41.4 Å². The molecule has 9 fully saturated rings. The largest absolute Gasteiger partial charge is 0.376 e. The van der Waals surface area contributed by atoms with E-state index in [1.165, 1.54) is 462 Å². The van der Waals surface area contributed by atoms with Gasteiger partial charge in [0.15, 0.2) is 0 Å². The third-order valence-electron chi connectivity index (χ3n) is 37.3. The Labute approximate surface area is 900 Å². The van der Waals surface area contributed by atoms with Gasteiger partial charge in [0.25, 0.3) is 0 Å². The quantitative estimate of drug-likeness (QED) is 0.0270. The van der Waals surface area contributed by atoms with E-state index in [1.807, 2.05) is 0 Å². The van der Waals surface area contributed by atoms with Gasteiger partial charge in [0.1, 0.15) is 0 Å². The molecule has 25 unspecified atom stereocenters. The summed E-state index contributed by atoms with van der Waals surface area (Å²) in [6.45, 7) is 27.9. The Morgan fingerprint density at radius 1 is 0.138 bits per heavy atom. The summed E-state index contributed by atoms with van der Waals surface area (Å²) in [7, 11) is 0. The summed E-state index contributed by atoms with van der Waals surface area (Å²) in [5.41, 5.74) is 0. The van der Waals surface area contributed by atoms with Crippen molar-refractivity contribution in [3.05, 3.63) is 0 Å². The summed E-state index contributed by atoms with van der Waals surface area (Å²) >= 11 is 0. The van der Waals surface area contributed by atoms with Crippen LogP contribution in [-0.2, 0) is 37.9 Å². The Morgan fingerprint density at radius 2 is 0.262 bits per heavy atom. The predicted octanol–water partition coefficient (Wildman–Crippen LogP) is 34.2. The van der Waals surface area contributed by atoms with Crippen LogP contribution in [0.1, 0.15) is 621 Å². The lowest BCUT2D eigenvalue weighted by Crippen LogP contribution is -2.62. The number of nitrogens with one attached hydrogen (secondary N) is 8. The lowest BCUT2D eigenvalue weighted by molar-refractivity contribution is -0.144. The van der Waals surface area contributed by atoms with E-state index in [1.54, 1.807) is 0 Å². The zero-order valence-electron chi connectivity index (χ0n) is 97.9. The van der Waals surface area contributed by atoms with E-state index in [2.05, 4.69) is 83.6 Å². The van der Waals surface area contributed by atoms with E-state index < -0.39 is 0 Å². The van der Waals surface area contributed by atoms with Crippen LogP contribution >= 0.6 is 0 Å². The molecule has 8 bridgehead atoms. The molecule has 16 heteroatoms. The number of ether oxygens (including phenoxy) is 8. The second kappa shape index (κ2) is 84.6. The Kier molecular flexibility index (Phi) is 74.5. The van der Waals surface area contributed by atoms with Crippen LogP contribution in [0.4, 0.5) is 0 Å². The van der Waals surface area contributed by atoms with Crippen molar-refractivity contribution in [3.8, 4) is 0 Å². The third-order valence-corrected chi connectivity index (χ3v) is 37.3. The zero-order valence-corrected chi connectivity index (χ0v) is 97.9. The molecule has 4 saturated carbocycles. The minimum absolute atomic E-state index is 0.0106. The average molecular weight is 2040 g/mol. The smallest absolute Gasteiger partial charge is 0.0866 e. The van der Waals surface area contributed by atoms with E-state index in [9.17, 15) is 0 Å². The second-order valence-electron chi connectivity index (χ2n) is 49.5. The zero-order chi connectivity index (χ0) is 102. The molecule has 0 amide bonds. The normalized spacial score (nSPS) is 29.2. The van der Waals surface area contributed by atoms with Crippen LogP contribution < -0.4 is 42.5 Å². The van der Waals surface area contributed by atoms with Gasteiger partial charge in [-0.2, -0.15) is 0 Å². The van der Waals surface area contributed by atoms with Gasteiger partial charge in [-0.3, -0.25) is 42.5 Å². The SMILES string of the molecule is CCCCCCCCCCCCOC1CC2C3NC(NC4NC(NC5NC(NC6NC(N3)C3CC(OCCCCCCCCCCCC)C(OCCCCCCCCCCCC)CC63)C3CC(OCCCCCCCCCCCC)C(OCCCCCCCCCCCC)C(C)C53)C3CC(OCCCCCCCCCCCC)C(OCCCCCCCCCCCC)CC43)C2CC1OCCCCCCCCCCCC. The van der Waals surface area contributed by atoms with Gasteiger partial charge in [-0.1, -0.05) is 525 Å². The molecule has 0 aromatic heterocycles. The van der Waals surface area contributed by atoms with Crippen LogP contribution in [-0.4, -0.2) is 151 Å². The molecule has 0 radical (unpaired) electrons.